The predicted molar refractivity (Wildman–Crippen MR) is 63.2 cm³/mol. The van der Waals surface area contributed by atoms with Crippen LogP contribution in [0, 0.1) is 5.82 Å². The van der Waals surface area contributed by atoms with E-state index in [1.54, 1.807) is 0 Å². The summed E-state index contributed by atoms with van der Waals surface area (Å²) in [5.41, 5.74) is 0.415. The summed E-state index contributed by atoms with van der Waals surface area (Å²) >= 11 is 5.76. The summed E-state index contributed by atoms with van der Waals surface area (Å²) in [7, 11) is 0. The molecule has 0 unspecified atom stereocenters. The fraction of sp³-hybridized carbons (Fsp3) is 0.364. The molecule has 1 amide bonds. The van der Waals surface area contributed by atoms with Crippen LogP contribution in [0.1, 0.15) is 13.8 Å². The number of rotatable bonds is 4. The molecule has 0 fully saturated rings. The number of carbonyl (C=O) groups is 1. The number of carbonyl (C=O) groups excluding carboxylic acids is 1. The highest BCUT2D eigenvalue weighted by atomic mass is 35.5. The average Bonchev–Trinajstić information content (AvgIpc) is 2.19. The number of amides is 1. The fourth-order valence-corrected chi connectivity index (χ4v) is 1.30. The standard InChI is InChI=1S/C11H14ClFN2O/c1-7(2)14-6-11(16)15-10-4-3-8(13)5-9(10)12/h3-5,7,14H,6H2,1-2H3,(H,15,16). The molecule has 16 heavy (non-hydrogen) atoms. The van der Waals surface area contributed by atoms with Gasteiger partial charge in [0, 0.05) is 6.04 Å². The van der Waals surface area contributed by atoms with Crippen molar-refractivity contribution >= 4 is 23.2 Å². The first-order valence-corrected chi connectivity index (χ1v) is 5.35. The van der Waals surface area contributed by atoms with Crippen LogP contribution in [0.15, 0.2) is 18.2 Å². The van der Waals surface area contributed by atoms with Gasteiger partial charge in [0.05, 0.1) is 17.3 Å². The van der Waals surface area contributed by atoms with Gasteiger partial charge in [-0.1, -0.05) is 25.4 Å². The normalized spacial score (nSPS) is 10.6. The molecule has 2 N–H and O–H groups in total. The van der Waals surface area contributed by atoms with E-state index in [4.69, 9.17) is 11.6 Å². The Kier molecular flexibility index (Phi) is 4.71. The second-order valence-corrected chi connectivity index (χ2v) is 4.12. The van der Waals surface area contributed by atoms with Crippen LogP contribution < -0.4 is 10.6 Å². The zero-order valence-electron chi connectivity index (χ0n) is 9.18. The van der Waals surface area contributed by atoms with E-state index in [9.17, 15) is 9.18 Å². The van der Waals surface area contributed by atoms with Gasteiger partial charge in [0.2, 0.25) is 5.91 Å². The fourth-order valence-electron chi connectivity index (χ4n) is 1.08. The predicted octanol–water partition coefficient (Wildman–Crippen LogP) is 2.42. The molecule has 0 spiro atoms. The first-order valence-electron chi connectivity index (χ1n) is 4.97. The number of anilines is 1. The summed E-state index contributed by atoms with van der Waals surface area (Å²) in [5, 5.41) is 5.75. The zero-order valence-corrected chi connectivity index (χ0v) is 9.94. The highest BCUT2D eigenvalue weighted by Gasteiger charge is 2.06. The highest BCUT2D eigenvalue weighted by molar-refractivity contribution is 6.33. The van der Waals surface area contributed by atoms with Gasteiger partial charge in [0.15, 0.2) is 0 Å². The molecule has 0 aliphatic rings. The van der Waals surface area contributed by atoms with E-state index in [1.165, 1.54) is 12.1 Å². The lowest BCUT2D eigenvalue weighted by atomic mass is 10.3. The monoisotopic (exact) mass is 244 g/mol. The molecule has 0 bridgehead atoms. The van der Waals surface area contributed by atoms with Gasteiger partial charge >= 0.3 is 0 Å². The van der Waals surface area contributed by atoms with E-state index in [0.29, 0.717) is 5.69 Å². The van der Waals surface area contributed by atoms with Gasteiger partial charge in [-0.15, -0.1) is 0 Å². The van der Waals surface area contributed by atoms with Gasteiger partial charge in [-0.05, 0) is 18.2 Å². The summed E-state index contributed by atoms with van der Waals surface area (Å²) in [6.07, 6.45) is 0. The summed E-state index contributed by atoms with van der Waals surface area (Å²) < 4.78 is 12.7. The SMILES string of the molecule is CC(C)NCC(=O)Nc1ccc(F)cc1Cl. The Morgan fingerprint density at radius 1 is 1.50 bits per heavy atom. The van der Waals surface area contributed by atoms with Gasteiger partial charge in [-0.3, -0.25) is 4.79 Å². The van der Waals surface area contributed by atoms with Crippen molar-refractivity contribution in [3.8, 4) is 0 Å². The summed E-state index contributed by atoms with van der Waals surface area (Å²) in [6, 6.07) is 4.07. The lowest BCUT2D eigenvalue weighted by molar-refractivity contribution is -0.115. The summed E-state index contributed by atoms with van der Waals surface area (Å²) in [4.78, 5) is 11.4. The van der Waals surface area contributed by atoms with Crippen LogP contribution >= 0.6 is 11.6 Å². The van der Waals surface area contributed by atoms with Crippen molar-refractivity contribution in [2.75, 3.05) is 11.9 Å². The van der Waals surface area contributed by atoms with Gasteiger partial charge < -0.3 is 10.6 Å². The number of hydrogen-bond acceptors (Lipinski definition) is 2. The Labute approximate surface area is 99.0 Å². The van der Waals surface area contributed by atoms with Crippen LogP contribution in [0.4, 0.5) is 10.1 Å². The maximum Gasteiger partial charge on any atom is 0.238 e. The van der Waals surface area contributed by atoms with Crippen LogP contribution in [0.5, 0.6) is 0 Å². The highest BCUT2D eigenvalue weighted by Crippen LogP contribution is 2.21. The van der Waals surface area contributed by atoms with Gasteiger partial charge in [0.1, 0.15) is 5.82 Å². The molecule has 0 radical (unpaired) electrons. The molecule has 1 aromatic carbocycles. The van der Waals surface area contributed by atoms with Crippen molar-refractivity contribution in [2.45, 2.75) is 19.9 Å². The topological polar surface area (TPSA) is 41.1 Å². The third-order valence-corrected chi connectivity index (χ3v) is 2.19. The second-order valence-electron chi connectivity index (χ2n) is 3.71. The Morgan fingerprint density at radius 3 is 2.75 bits per heavy atom. The van der Waals surface area contributed by atoms with E-state index in [0.717, 1.165) is 6.07 Å². The number of nitrogens with one attached hydrogen (secondary N) is 2. The van der Waals surface area contributed by atoms with Gasteiger partial charge in [0.25, 0.3) is 0 Å². The molecule has 3 nitrogen and oxygen atoms in total. The Balaban J connectivity index is 2.56. The van der Waals surface area contributed by atoms with Crippen molar-refractivity contribution in [3.05, 3.63) is 29.0 Å². The third-order valence-electron chi connectivity index (χ3n) is 1.88. The van der Waals surface area contributed by atoms with Crippen molar-refractivity contribution < 1.29 is 9.18 Å². The maximum absolute atomic E-state index is 12.7. The quantitative estimate of drug-likeness (QED) is 0.854. The van der Waals surface area contributed by atoms with Crippen LogP contribution in [0.3, 0.4) is 0 Å². The molecule has 0 saturated heterocycles. The second kappa shape index (κ2) is 5.82. The van der Waals surface area contributed by atoms with Crippen molar-refractivity contribution in [1.29, 1.82) is 0 Å². The zero-order chi connectivity index (χ0) is 12.1. The van der Waals surface area contributed by atoms with E-state index < -0.39 is 5.82 Å². The van der Waals surface area contributed by atoms with Crippen LogP contribution in [0.2, 0.25) is 5.02 Å². The lowest BCUT2D eigenvalue weighted by Crippen LogP contribution is -2.32. The molecule has 0 atom stereocenters. The molecular weight excluding hydrogens is 231 g/mol. The summed E-state index contributed by atoms with van der Waals surface area (Å²) in [6.45, 7) is 4.08. The molecule has 0 aliphatic carbocycles. The summed E-state index contributed by atoms with van der Waals surface area (Å²) in [5.74, 6) is -0.634. The Morgan fingerprint density at radius 2 is 2.19 bits per heavy atom. The minimum Gasteiger partial charge on any atom is -0.324 e. The largest absolute Gasteiger partial charge is 0.324 e. The van der Waals surface area contributed by atoms with Gasteiger partial charge in [-0.25, -0.2) is 4.39 Å². The molecule has 1 aromatic rings. The lowest BCUT2D eigenvalue weighted by Gasteiger charge is -2.09. The minimum atomic E-state index is -0.427. The number of halogens is 2. The van der Waals surface area contributed by atoms with Crippen LogP contribution in [0.25, 0.3) is 0 Å². The van der Waals surface area contributed by atoms with Gasteiger partial charge in [-0.2, -0.15) is 0 Å². The van der Waals surface area contributed by atoms with Crippen LogP contribution in [-0.2, 0) is 4.79 Å². The van der Waals surface area contributed by atoms with Crippen molar-refractivity contribution in [1.82, 2.24) is 5.32 Å². The van der Waals surface area contributed by atoms with E-state index in [-0.39, 0.29) is 23.5 Å². The number of benzene rings is 1. The molecule has 0 aromatic heterocycles. The first kappa shape index (κ1) is 12.9. The molecule has 1 rings (SSSR count). The Bertz CT molecular complexity index is 382. The average molecular weight is 245 g/mol. The van der Waals surface area contributed by atoms with Crippen molar-refractivity contribution in [3.63, 3.8) is 0 Å². The molecule has 0 saturated carbocycles. The van der Waals surface area contributed by atoms with E-state index in [1.807, 2.05) is 13.8 Å². The maximum atomic E-state index is 12.7. The number of hydrogen-bond donors (Lipinski definition) is 2. The van der Waals surface area contributed by atoms with Crippen LogP contribution in [-0.4, -0.2) is 18.5 Å². The van der Waals surface area contributed by atoms with E-state index >= 15 is 0 Å². The Hall–Kier alpha value is -1.13. The van der Waals surface area contributed by atoms with E-state index in [2.05, 4.69) is 10.6 Å². The first-order chi connectivity index (χ1) is 7.49. The molecule has 5 heteroatoms. The molecule has 88 valence electrons. The molecular formula is C11H14ClFN2O. The minimum absolute atomic E-state index is 0.192. The smallest absolute Gasteiger partial charge is 0.238 e. The molecule has 0 heterocycles. The molecule has 0 aliphatic heterocycles. The van der Waals surface area contributed by atoms with Crippen molar-refractivity contribution in [2.24, 2.45) is 0 Å². The third kappa shape index (κ3) is 4.16.